The van der Waals surface area contributed by atoms with Gasteiger partial charge in [-0.2, -0.15) is 4.98 Å². The van der Waals surface area contributed by atoms with E-state index in [-0.39, 0.29) is 6.61 Å². The standard InChI is InChI=1S/C14H18ClN3O2/c1-3-4-14-17-13(18-20-14)9-19-12-6-5-10(8-16-2)7-11(12)15/h5-7,16H,3-4,8-9H2,1-2H3. The first-order valence-corrected chi connectivity index (χ1v) is 6.98. The summed E-state index contributed by atoms with van der Waals surface area (Å²) in [6.07, 6.45) is 1.76. The molecule has 1 N–H and O–H groups in total. The van der Waals surface area contributed by atoms with Crippen LogP contribution in [0.2, 0.25) is 5.02 Å². The molecule has 6 heteroatoms. The third-order valence-corrected chi connectivity index (χ3v) is 3.00. The van der Waals surface area contributed by atoms with Gasteiger partial charge in [-0.05, 0) is 31.2 Å². The summed E-state index contributed by atoms with van der Waals surface area (Å²) in [5.74, 6) is 1.79. The van der Waals surface area contributed by atoms with E-state index in [4.69, 9.17) is 20.9 Å². The highest BCUT2D eigenvalue weighted by Gasteiger charge is 2.08. The summed E-state index contributed by atoms with van der Waals surface area (Å²) in [4.78, 5) is 4.24. The first-order chi connectivity index (χ1) is 9.72. The zero-order chi connectivity index (χ0) is 14.4. The van der Waals surface area contributed by atoms with E-state index in [1.807, 2.05) is 25.2 Å². The Hall–Kier alpha value is -1.59. The minimum atomic E-state index is 0.248. The largest absolute Gasteiger partial charge is 0.484 e. The molecular weight excluding hydrogens is 278 g/mol. The van der Waals surface area contributed by atoms with E-state index in [0.29, 0.717) is 22.5 Å². The van der Waals surface area contributed by atoms with Crippen LogP contribution in [0.4, 0.5) is 0 Å². The molecule has 20 heavy (non-hydrogen) atoms. The molecule has 108 valence electrons. The van der Waals surface area contributed by atoms with Crippen molar-refractivity contribution in [1.82, 2.24) is 15.5 Å². The van der Waals surface area contributed by atoms with Crippen LogP contribution in [-0.2, 0) is 19.6 Å². The number of halogens is 1. The van der Waals surface area contributed by atoms with Crippen LogP contribution in [0, 0.1) is 0 Å². The Morgan fingerprint density at radius 1 is 1.40 bits per heavy atom. The quantitative estimate of drug-likeness (QED) is 0.851. The fourth-order valence-electron chi connectivity index (χ4n) is 1.78. The van der Waals surface area contributed by atoms with Crippen molar-refractivity contribution in [3.8, 4) is 5.75 Å². The molecule has 0 amide bonds. The lowest BCUT2D eigenvalue weighted by atomic mass is 10.2. The highest BCUT2D eigenvalue weighted by molar-refractivity contribution is 6.32. The lowest BCUT2D eigenvalue weighted by Gasteiger charge is -2.07. The number of benzene rings is 1. The van der Waals surface area contributed by atoms with E-state index in [9.17, 15) is 0 Å². The van der Waals surface area contributed by atoms with Gasteiger partial charge in [0.25, 0.3) is 0 Å². The van der Waals surface area contributed by atoms with Crippen LogP contribution < -0.4 is 10.1 Å². The molecule has 0 fully saturated rings. The van der Waals surface area contributed by atoms with Crippen LogP contribution in [0.15, 0.2) is 22.7 Å². The summed E-state index contributed by atoms with van der Waals surface area (Å²) < 4.78 is 10.7. The summed E-state index contributed by atoms with van der Waals surface area (Å²) >= 11 is 6.17. The molecule has 0 saturated heterocycles. The third-order valence-electron chi connectivity index (χ3n) is 2.71. The molecule has 0 aliphatic carbocycles. The lowest BCUT2D eigenvalue weighted by molar-refractivity contribution is 0.285. The fourth-order valence-corrected chi connectivity index (χ4v) is 2.04. The van der Waals surface area contributed by atoms with Crippen LogP contribution in [0.25, 0.3) is 0 Å². The normalized spacial score (nSPS) is 10.8. The summed E-state index contributed by atoms with van der Waals surface area (Å²) in [5.41, 5.74) is 1.11. The van der Waals surface area contributed by atoms with Crippen LogP contribution in [0.1, 0.15) is 30.6 Å². The highest BCUT2D eigenvalue weighted by Crippen LogP contribution is 2.26. The predicted molar refractivity (Wildman–Crippen MR) is 76.8 cm³/mol. The van der Waals surface area contributed by atoms with E-state index in [2.05, 4.69) is 22.4 Å². The molecule has 0 radical (unpaired) electrons. The van der Waals surface area contributed by atoms with Gasteiger partial charge in [0, 0.05) is 13.0 Å². The Morgan fingerprint density at radius 2 is 2.25 bits per heavy atom. The van der Waals surface area contributed by atoms with Gasteiger partial charge in [0.2, 0.25) is 11.7 Å². The van der Waals surface area contributed by atoms with Gasteiger partial charge in [-0.15, -0.1) is 0 Å². The molecule has 5 nitrogen and oxygen atoms in total. The number of nitrogens with zero attached hydrogens (tertiary/aromatic N) is 2. The van der Waals surface area contributed by atoms with E-state index in [1.165, 1.54) is 0 Å². The van der Waals surface area contributed by atoms with Crippen molar-refractivity contribution >= 4 is 11.6 Å². The number of hydrogen-bond donors (Lipinski definition) is 1. The number of nitrogens with one attached hydrogen (secondary N) is 1. The molecule has 0 aliphatic rings. The number of hydrogen-bond acceptors (Lipinski definition) is 5. The number of aryl methyl sites for hydroxylation is 1. The second kappa shape index (κ2) is 7.26. The molecule has 0 aliphatic heterocycles. The molecule has 0 saturated carbocycles. The zero-order valence-electron chi connectivity index (χ0n) is 11.6. The van der Waals surface area contributed by atoms with Crippen molar-refractivity contribution in [3.05, 3.63) is 40.5 Å². The summed E-state index contributed by atoms with van der Waals surface area (Å²) in [6, 6.07) is 5.70. The van der Waals surface area contributed by atoms with Crippen LogP contribution >= 0.6 is 11.6 Å². The van der Waals surface area contributed by atoms with Gasteiger partial charge in [0.15, 0.2) is 6.61 Å². The fraction of sp³-hybridized carbons (Fsp3) is 0.429. The van der Waals surface area contributed by atoms with E-state index in [0.717, 1.165) is 24.9 Å². The molecular formula is C14H18ClN3O2. The van der Waals surface area contributed by atoms with Crippen molar-refractivity contribution < 1.29 is 9.26 Å². The molecule has 2 aromatic rings. The van der Waals surface area contributed by atoms with Crippen molar-refractivity contribution in [2.24, 2.45) is 0 Å². The maximum Gasteiger partial charge on any atom is 0.226 e. The van der Waals surface area contributed by atoms with Gasteiger partial charge >= 0.3 is 0 Å². The van der Waals surface area contributed by atoms with Gasteiger partial charge in [-0.3, -0.25) is 0 Å². The molecule has 0 atom stereocenters. The lowest BCUT2D eigenvalue weighted by Crippen LogP contribution is -2.05. The highest BCUT2D eigenvalue weighted by atomic mass is 35.5. The average molecular weight is 296 g/mol. The molecule has 2 rings (SSSR count). The maximum absolute atomic E-state index is 6.17. The molecule has 0 bridgehead atoms. The Bertz CT molecular complexity index is 557. The van der Waals surface area contributed by atoms with Gasteiger partial charge in [-0.25, -0.2) is 0 Å². The summed E-state index contributed by atoms with van der Waals surface area (Å²) in [7, 11) is 1.89. The van der Waals surface area contributed by atoms with E-state index < -0.39 is 0 Å². The van der Waals surface area contributed by atoms with E-state index >= 15 is 0 Å². The second-order valence-electron chi connectivity index (χ2n) is 4.44. The van der Waals surface area contributed by atoms with Crippen LogP contribution in [-0.4, -0.2) is 17.2 Å². The maximum atomic E-state index is 6.17. The first kappa shape index (κ1) is 14.8. The van der Waals surface area contributed by atoms with Gasteiger partial charge < -0.3 is 14.6 Å². The number of aromatic nitrogens is 2. The molecule has 1 heterocycles. The van der Waals surface area contributed by atoms with Crippen molar-refractivity contribution in [2.45, 2.75) is 32.9 Å². The van der Waals surface area contributed by atoms with Gasteiger partial charge in [0.1, 0.15) is 5.75 Å². The smallest absolute Gasteiger partial charge is 0.226 e. The Balaban J connectivity index is 1.95. The third kappa shape index (κ3) is 3.95. The Labute approximate surface area is 123 Å². The van der Waals surface area contributed by atoms with Crippen LogP contribution in [0.3, 0.4) is 0 Å². The average Bonchev–Trinajstić information content (AvgIpc) is 2.86. The van der Waals surface area contributed by atoms with Crippen molar-refractivity contribution in [1.29, 1.82) is 0 Å². The van der Waals surface area contributed by atoms with Crippen LogP contribution in [0.5, 0.6) is 5.75 Å². The summed E-state index contributed by atoms with van der Waals surface area (Å²) in [5, 5.41) is 7.51. The zero-order valence-corrected chi connectivity index (χ0v) is 12.4. The minimum absolute atomic E-state index is 0.248. The topological polar surface area (TPSA) is 60.2 Å². The molecule has 0 unspecified atom stereocenters. The second-order valence-corrected chi connectivity index (χ2v) is 4.85. The predicted octanol–water partition coefficient (Wildman–Crippen LogP) is 2.97. The molecule has 0 spiro atoms. The number of ether oxygens (including phenoxy) is 1. The van der Waals surface area contributed by atoms with Crippen molar-refractivity contribution in [3.63, 3.8) is 0 Å². The first-order valence-electron chi connectivity index (χ1n) is 6.60. The van der Waals surface area contributed by atoms with Crippen molar-refractivity contribution in [2.75, 3.05) is 7.05 Å². The minimum Gasteiger partial charge on any atom is -0.484 e. The number of rotatable bonds is 7. The van der Waals surface area contributed by atoms with Gasteiger partial charge in [0.05, 0.1) is 5.02 Å². The Morgan fingerprint density at radius 3 is 2.95 bits per heavy atom. The SMILES string of the molecule is CCCc1nc(COc2ccc(CNC)cc2Cl)no1. The molecule has 1 aromatic heterocycles. The summed E-state index contributed by atoms with van der Waals surface area (Å²) in [6.45, 7) is 3.08. The molecule has 1 aromatic carbocycles. The van der Waals surface area contributed by atoms with Gasteiger partial charge in [-0.1, -0.05) is 29.7 Å². The Kier molecular flexibility index (Phi) is 5.38. The van der Waals surface area contributed by atoms with E-state index in [1.54, 1.807) is 0 Å². The monoisotopic (exact) mass is 295 g/mol.